The number of likely N-dealkylation sites (tertiary alicyclic amines) is 1. The van der Waals surface area contributed by atoms with E-state index in [0.717, 1.165) is 42.6 Å². The van der Waals surface area contributed by atoms with Gasteiger partial charge in [0, 0.05) is 36.0 Å². The molecular weight excluding hydrogens is 362 g/mol. The summed E-state index contributed by atoms with van der Waals surface area (Å²) in [6.45, 7) is 2.98. The lowest BCUT2D eigenvalue weighted by Gasteiger charge is -2.47. The molecule has 4 rings (SSSR count). The molecule has 1 aliphatic heterocycles. The summed E-state index contributed by atoms with van der Waals surface area (Å²) in [5.74, 6) is 0.0773. The number of benzene rings is 1. The van der Waals surface area contributed by atoms with Gasteiger partial charge in [0.1, 0.15) is 0 Å². The number of hydrogen-bond donors (Lipinski definition) is 1. The van der Waals surface area contributed by atoms with Crippen LogP contribution >= 0.6 is 0 Å². The summed E-state index contributed by atoms with van der Waals surface area (Å²) >= 11 is 0. The average Bonchev–Trinajstić information content (AvgIpc) is 2.75. The number of pyridine rings is 1. The minimum Gasteiger partial charge on any atom is -0.351 e. The fourth-order valence-corrected chi connectivity index (χ4v) is 4.56. The predicted molar refractivity (Wildman–Crippen MR) is 112 cm³/mol. The molecule has 2 aromatic rings. The van der Waals surface area contributed by atoms with Crippen LogP contribution in [0.2, 0.25) is 0 Å². The third kappa shape index (κ3) is 3.95. The van der Waals surface area contributed by atoms with Gasteiger partial charge in [-0.2, -0.15) is 0 Å². The molecule has 2 aliphatic rings. The minimum atomic E-state index is -0.174. The maximum atomic E-state index is 12.8. The molecule has 1 aromatic carbocycles. The molecule has 150 valence electrons. The van der Waals surface area contributed by atoms with Gasteiger partial charge in [0.25, 0.3) is 5.91 Å². The van der Waals surface area contributed by atoms with Crippen molar-refractivity contribution in [3.05, 3.63) is 77.3 Å². The standard InChI is InChI=1S/C24H27N3O2/c1-18-20(10-7-15-25-18)23(29)26-17-24-13-6-5-11-21(24)27(22(28)12-14-24)16-19-8-3-2-4-9-19/h2-4,7-11,15H,5-6,12-14,16-17H2,1H3,(H,26,29). The molecule has 2 amide bonds. The number of fused-ring (bicyclic) bond motifs is 1. The quantitative estimate of drug-likeness (QED) is 0.841. The van der Waals surface area contributed by atoms with Gasteiger partial charge in [-0.1, -0.05) is 36.4 Å². The molecule has 5 nitrogen and oxygen atoms in total. The second kappa shape index (κ2) is 8.19. The van der Waals surface area contributed by atoms with Crippen LogP contribution in [-0.4, -0.2) is 28.2 Å². The molecule has 1 aromatic heterocycles. The maximum Gasteiger partial charge on any atom is 0.253 e. The van der Waals surface area contributed by atoms with E-state index in [0.29, 0.717) is 25.1 Å². The van der Waals surface area contributed by atoms with Gasteiger partial charge < -0.3 is 10.2 Å². The Balaban J connectivity index is 1.55. The Labute approximate surface area is 171 Å². The summed E-state index contributed by atoms with van der Waals surface area (Å²) in [6, 6.07) is 13.7. The third-order valence-corrected chi connectivity index (χ3v) is 6.17. The van der Waals surface area contributed by atoms with Crippen LogP contribution in [0.15, 0.2) is 60.4 Å². The highest BCUT2D eigenvalue weighted by molar-refractivity contribution is 5.95. The zero-order chi connectivity index (χ0) is 20.3. The van der Waals surface area contributed by atoms with Gasteiger partial charge in [-0.25, -0.2) is 0 Å². The van der Waals surface area contributed by atoms with Crippen LogP contribution in [-0.2, 0) is 11.3 Å². The molecular formula is C24H27N3O2. The molecule has 1 fully saturated rings. The van der Waals surface area contributed by atoms with Gasteiger partial charge in [0.15, 0.2) is 0 Å². The molecule has 0 bridgehead atoms. The lowest BCUT2D eigenvalue weighted by atomic mass is 9.69. The number of hydrogen-bond acceptors (Lipinski definition) is 3. The number of carbonyl (C=O) groups is 2. The molecule has 1 atom stereocenters. The highest BCUT2D eigenvalue weighted by Gasteiger charge is 2.44. The number of allylic oxidation sites excluding steroid dienone is 1. The highest BCUT2D eigenvalue weighted by Crippen LogP contribution is 2.46. The van der Waals surface area contributed by atoms with Crippen molar-refractivity contribution >= 4 is 11.8 Å². The van der Waals surface area contributed by atoms with Gasteiger partial charge in [0.2, 0.25) is 5.91 Å². The fourth-order valence-electron chi connectivity index (χ4n) is 4.56. The van der Waals surface area contributed by atoms with E-state index < -0.39 is 0 Å². The van der Waals surface area contributed by atoms with Gasteiger partial charge in [-0.15, -0.1) is 0 Å². The molecule has 2 heterocycles. The van der Waals surface area contributed by atoms with E-state index in [1.54, 1.807) is 18.3 Å². The van der Waals surface area contributed by atoms with Crippen LogP contribution < -0.4 is 5.32 Å². The van der Waals surface area contributed by atoms with E-state index in [2.05, 4.69) is 28.5 Å². The van der Waals surface area contributed by atoms with Crippen molar-refractivity contribution in [1.82, 2.24) is 15.2 Å². The van der Waals surface area contributed by atoms with Crippen molar-refractivity contribution in [2.24, 2.45) is 5.41 Å². The Morgan fingerprint density at radius 3 is 2.79 bits per heavy atom. The number of carbonyl (C=O) groups excluding carboxylic acids is 2. The van der Waals surface area contributed by atoms with E-state index in [-0.39, 0.29) is 17.2 Å². The van der Waals surface area contributed by atoms with E-state index in [1.807, 2.05) is 30.0 Å². The molecule has 1 saturated heterocycles. The van der Waals surface area contributed by atoms with Crippen LogP contribution in [0.1, 0.15) is 53.7 Å². The Bertz CT molecular complexity index is 938. The van der Waals surface area contributed by atoms with Crippen molar-refractivity contribution in [2.75, 3.05) is 6.54 Å². The predicted octanol–water partition coefficient (Wildman–Crippen LogP) is 4.00. The fraction of sp³-hybridized carbons (Fsp3) is 0.375. The Hall–Kier alpha value is -2.95. The van der Waals surface area contributed by atoms with Crippen molar-refractivity contribution < 1.29 is 9.59 Å². The first-order valence-electron chi connectivity index (χ1n) is 10.3. The van der Waals surface area contributed by atoms with E-state index in [4.69, 9.17) is 0 Å². The van der Waals surface area contributed by atoms with E-state index in [1.165, 1.54) is 0 Å². The summed E-state index contributed by atoms with van der Waals surface area (Å²) in [5.41, 5.74) is 3.38. The van der Waals surface area contributed by atoms with Crippen molar-refractivity contribution in [1.29, 1.82) is 0 Å². The number of nitrogens with one attached hydrogen (secondary N) is 1. The molecule has 0 radical (unpaired) electrons. The van der Waals surface area contributed by atoms with Gasteiger partial charge in [-0.3, -0.25) is 14.6 Å². The monoisotopic (exact) mass is 389 g/mol. The molecule has 1 aliphatic carbocycles. The van der Waals surface area contributed by atoms with Crippen LogP contribution in [0.4, 0.5) is 0 Å². The molecule has 5 heteroatoms. The topological polar surface area (TPSA) is 62.3 Å². The van der Waals surface area contributed by atoms with Crippen molar-refractivity contribution in [3.63, 3.8) is 0 Å². The summed E-state index contributed by atoms with van der Waals surface area (Å²) in [5, 5.41) is 3.14. The zero-order valence-corrected chi connectivity index (χ0v) is 16.9. The van der Waals surface area contributed by atoms with Gasteiger partial charge >= 0.3 is 0 Å². The van der Waals surface area contributed by atoms with Crippen molar-refractivity contribution in [3.8, 4) is 0 Å². The van der Waals surface area contributed by atoms with Gasteiger partial charge in [-0.05, 0) is 50.3 Å². The number of aryl methyl sites for hydroxylation is 1. The lowest BCUT2D eigenvalue weighted by molar-refractivity contribution is -0.134. The first kappa shape index (κ1) is 19.4. The van der Waals surface area contributed by atoms with Crippen LogP contribution in [0.3, 0.4) is 0 Å². The Morgan fingerprint density at radius 2 is 2.00 bits per heavy atom. The Kier molecular flexibility index (Phi) is 5.47. The number of piperidine rings is 1. The number of aromatic nitrogens is 1. The summed E-state index contributed by atoms with van der Waals surface area (Å²) in [4.78, 5) is 31.7. The molecule has 1 N–H and O–H groups in total. The third-order valence-electron chi connectivity index (χ3n) is 6.17. The molecule has 29 heavy (non-hydrogen) atoms. The summed E-state index contributed by atoms with van der Waals surface area (Å²) < 4.78 is 0. The molecule has 0 saturated carbocycles. The van der Waals surface area contributed by atoms with Crippen molar-refractivity contribution in [2.45, 2.75) is 45.6 Å². The van der Waals surface area contributed by atoms with Crippen LogP contribution in [0.25, 0.3) is 0 Å². The van der Waals surface area contributed by atoms with Crippen LogP contribution in [0.5, 0.6) is 0 Å². The van der Waals surface area contributed by atoms with E-state index >= 15 is 0 Å². The van der Waals surface area contributed by atoms with E-state index in [9.17, 15) is 9.59 Å². The minimum absolute atomic E-state index is 0.0959. The van der Waals surface area contributed by atoms with Crippen LogP contribution in [0, 0.1) is 12.3 Å². The summed E-state index contributed by atoms with van der Waals surface area (Å²) in [7, 11) is 0. The molecule has 1 unspecified atom stereocenters. The zero-order valence-electron chi connectivity index (χ0n) is 16.9. The first-order chi connectivity index (χ1) is 14.1. The maximum absolute atomic E-state index is 12.8. The SMILES string of the molecule is Cc1ncccc1C(=O)NCC12CCCC=C1N(Cc1ccccc1)C(=O)CC2. The second-order valence-corrected chi connectivity index (χ2v) is 8.05. The van der Waals surface area contributed by atoms with Gasteiger partial charge in [0.05, 0.1) is 12.1 Å². The smallest absolute Gasteiger partial charge is 0.253 e. The second-order valence-electron chi connectivity index (χ2n) is 8.05. The first-order valence-corrected chi connectivity index (χ1v) is 10.3. The number of amides is 2. The highest BCUT2D eigenvalue weighted by atomic mass is 16.2. The normalized spacial score (nSPS) is 21.3. The molecule has 0 spiro atoms. The summed E-state index contributed by atoms with van der Waals surface area (Å²) in [6.07, 6.45) is 8.26. The number of nitrogens with zero attached hydrogens (tertiary/aromatic N) is 2. The Morgan fingerprint density at radius 1 is 1.17 bits per heavy atom. The number of rotatable bonds is 5. The lowest BCUT2D eigenvalue weighted by Crippen LogP contribution is -2.50. The largest absolute Gasteiger partial charge is 0.351 e. The average molecular weight is 389 g/mol.